The fraction of sp³-hybridized carbons (Fsp3) is 0.261. The highest BCUT2D eigenvalue weighted by Crippen LogP contribution is 2.34. The van der Waals surface area contributed by atoms with Gasteiger partial charge in [-0.05, 0) is 54.5 Å². The van der Waals surface area contributed by atoms with Crippen LogP contribution in [0.25, 0.3) is 11.0 Å². The smallest absolute Gasteiger partial charge is 0.271 e. The number of likely N-dealkylation sites (tertiary alicyclic amines) is 1. The number of hydrogen-bond acceptors (Lipinski definition) is 6. The summed E-state index contributed by atoms with van der Waals surface area (Å²) in [6.45, 7) is 0.634. The van der Waals surface area contributed by atoms with Crippen molar-refractivity contribution >= 4 is 44.0 Å². The summed E-state index contributed by atoms with van der Waals surface area (Å²) in [5, 5.41) is 1.71. The van der Waals surface area contributed by atoms with E-state index in [1.54, 1.807) is 60.0 Å². The van der Waals surface area contributed by atoms with Crippen molar-refractivity contribution in [1.29, 1.82) is 0 Å². The predicted octanol–water partition coefficient (Wildman–Crippen LogP) is 4.20. The van der Waals surface area contributed by atoms with Gasteiger partial charge in [-0.2, -0.15) is 0 Å². The van der Waals surface area contributed by atoms with E-state index in [4.69, 9.17) is 0 Å². The number of benzene rings is 1. The number of nitrogens with zero attached hydrogens (tertiary/aromatic N) is 4. The number of nitrogens with one attached hydrogen (secondary N) is 1. The van der Waals surface area contributed by atoms with Crippen molar-refractivity contribution in [3.05, 3.63) is 71.6 Å². The number of carbonyl (C=O) groups excluding carboxylic acids is 1. The van der Waals surface area contributed by atoms with E-state index < -0.39 is 10.0 Å². The first kappa shape index (κ1) is 21.6. The Bertz CT molecular complexity index is 1400. The zero-order valence-electron chi connectivity index (χ0n) is 18.0. The number of sulfonamides is 1. The first-order chi connectivity index (χ1) is 15.9. The van der Waals surface area contributed by atoms with Crippen LogP contribution in [0.1, 0.15) is 41.2 Å². The molecule has 1 aliphatic rings. The number of rotatable bonds is 5. The molecule has 0 aliphatic carbocycles. The van der Waals surface area contributed by atoms with Gasteiger partial charge in [-0.25, -0.2) is 13.4 Å². The number of aryl methyl sites for hydroxylation is 1. The van der Waals surface area contributed by atoms with E-state index in [0.29, 0.717) is 28.8 Å². The molecule has 1 saturated heterocycles. The van der Waals surface area contributed by atoms with Crippen LogP contribution in [0.2, 0.25) is 0 Å². The SMILES string of the molecule is Cn1cnc2cc(C(=O)N3CCCCC3c3cccnc3)cc(NS(=O)(=O)c3cccs3)c21. The molecule has 8 nitrogen and oxygen atoms in total. The molecule has 170 valence electrons. The third kappa shape index (κ3) is 4.11. The highest BCUT2D eigenvalue weighted by molar-refractivity contribution is 7.94. The molecule has 1 aromatic carbocycles. The van der Waals surface area contributed by atoms with Gasteiger partial charge in [0.2, 0.25) is 0 Å². The summed E-state index contributed by atoms with van der Waals surface area (Å²) in [7, 11) is -1.99. The average molecular weight is 482 g/mol. The summed E-state index contributed by atoms with van der Waals surface area (Å²) in [6.07, 6.45) is 7.96. The third-order valence-electron chi connectivity index (χ3n) is 5.90. The van der Waals surface area contributed by atoms with Crippen LogP contribution in [0.3, 0.4) is 0 Å². The summed E-state index contributed by atoms with van der Waals surface area (Å²) >= 11 is 1.14. The number of thiophene rings is 1. The van der Waals surface area contributed by atoms with Gasteiger partial charge in [0, 0.05) is 31.5 Å². The maximum absolute atomic E-state index is 13.7. The Hall–Kier alpha value is -3.24. The van der Waals surface area contributed by atoms with Crippen LogP contribution >= 0.6 is 11.3 Å². The highest BCUT2D eigenvalue weighted by atomic mass is 32.2. The molecule has 0 radical (unpaired) electrons. The lowest BCUT2D eigenvalue weighted by atomic mass is 9.95. The first-order valence-electron chi connectivity index (χ1n) is 10.7. The molecule has 1 fully saturated rings. The van der Waals surface area contributed by atoms with Gasteiger partial charge in [-0.3, -0.25) is 14.5 Å². The number of amides is 1. The molecular weight excluding hydrogens is 458 g/mol. The molecule has 4 heterocycles. The van der Waals surface area contributed by atoms with E-state index in [-0.39, 0.29) is 16.2 Å². The maximum Gasteiger partial charge on any atom is 0.271 e. The Labute approximate surface area is 196 Å². The van der Waals surface area contributed by atoms with Gasteiger partial charge >= 0.3 is 0 Å². The van der Waals surface area contributed by atoms with E-state index in [1.165, 1.54) is 0 Å². The molecule has 0 bridgehead atoms. The first-order valence-corrected chi connectivity index (χ1v) is 13.0. The molecule has 4 aromatic rings. The minimum Gasteiger partial charge on any atom is -0.332 e. The van der Waals surface area contributed by atoms with E-state index in [1.807, 2.05) is 17.0 Å². The Morgan fingerprint density at radius 1 is 1.21 bits per heavy atom. The molecule has 1 N–H and O–H groups in total. The number of imidazole rings is 1. The van der Waals surface area contributed by atoms with Crippen LogP contribution in [0.4, 0.5) is 5.69 Å². The summed E-state index contributed by atoms with van der Waals surface area (Å²) in [5.41, 5.74) is 2.92. The second-order valence-corrected chi connectivity index (χ2v) is 10.9. The summed E-state index contributed by atoms with van der Waals surface area (Å²) in [6, 6.07) is 10.4. The van der Waals surface area contributed by atoms with E-state index in [9.17, 15) is 13.2 Å². The van der Waals surface area contributed by atoms with Gasteiger partial charge < -0.3 is 9.47 Å². The second-order valence-electron chi connectivity index (χ2n) is 8.08. The minimum atomic E-state index is -3.78. The van der Waals surface area contributed by atoms with Gasteiger partial charge in [-0.1, -0.05) is 12.1 Å². The average Bonchev–Trinajstić information content (AvgIpc) is 3.50. The third-order valence-corrected chi connectivity index (χ3v) is 8.66. The normalized spacial score (nSPS) is 16.8. The topological polar surface area (TPSA) is 97.2 Å². The molecule has 33 heavy (non-hydrogen) atoms. The highest BCUT2D eigenvalue weighted by Gasteiger charge is 2.30. The van der Waals surface area contributed by atoms with E-state index >= 15 is 0 Å². The van der Waals surface area contributed by atoms with Crippen molar-refractivity contribution in [2.75, 3.05) is 11.3 Å². The second kappa shape index (κ2) is 8.60. The molecule has 5 rings (SSSR count). The molecule has 1 atom stereocenters. The van der Waals surface area contributed by atoms with Crippen molar-refractivity contribution in [3.63, 3.8) is 0 Å². The van der Waals surface area contributed by atoms with Crippen molar-refractivity contribution in [2.45, 2.75) is 29.5 Å². The molecule has 10 heteroatoms. The molecular formula is C23H23N5O3S2. The van der Waals surface area contributed by atoms with Crippen molar-refractivity contribution in [3.8, 4) is 0 Å². The maximum atomic E-state index is 13.7. The number of pyridine rings is 1. The number of carbonyl (C=O) groups is 1. The standard InChI is InChI=1S/C23H23N5O3S2/c1-27-15-25-18-12-17(13-19(22(18)27)26-33(30,31)21-8-5-11-32-21)23(29)28-10-3-2-7-20(28)16-6-4-9-24-14-16/h4-6,8-9,11-15,20,26H,2-3,7,10H2,1H3. The number of piperidine rings is 1. The number of hydrogen-bond donors (Lipinski definition) is 1. The minimum absolute atomic E-state index is 0.0642. The van der Waals surface area contributed by atoms with Gasteiger partial charge in [0.05, 0.1) is 29.1 Å². The quantitative estimate of drug-likeness (QED) is 0.461. The lowest BCUT2D eigenvalue weighted by Gasteiger charge is -2.36. The van der Waals surface area contributed by atoms with Crippen LogP contribution in [0.15, 0.2) is 64.7 Å². The Morgan fingerprint density at radius 2 is 2.09 bits per heavy atom. The van der Waals surface area contributed by atoms with Crippen LogP contribution in [0.5, 0.6) is 0 Å². The molecule has 1 unspecified atom stereocenters. The van der Waals surface area contributed by atoms with Crippen LogP contribution in [-0.4, -0.2) is 40.3 Å². The Morgan fingerprint density at radius 3 is 2.85 bits per heavy atom. The van der Waals surface area contributed by atoms with Gasteiger partial charge in [0.1, 0.15) is 4.21 Å². The molecule has 0 saturated carbocycles. The van der Waals surface area contributed by atoms with Gasteiger partial charge in [0.25, 0.3) is 15.9 Å². The predicted molar refractivity (Wildman–Crippen MR) is 128 cm³/mol. The summed E-state index contributed by atoms with van der Waals surface area (Å²) in [4.78, 5) is 24.1. The van der Waals surface area contributed by atoms with Crippen LogP contribution in [-0.2, 0) is 17.1 Å². The summed E-state index contributed by atoms with van der Waals surface area (Å²) < 4.78 is 30.5. The van der Waals surface area contributed by atoms with E-state index in [0.717, 1.165) is 36.2 Å². The molecule has 1 amide bonds. The van der Waals surface area contributed by atoms with Crippen LogP contribution in [0, 0.1) is 0 Å². The van der Waals surface area contributed by atoms with E-state index in [2.05, 4.69) is 14.7 Å². The fourth-order valence-corrected chi connectivity index (χ4v) is 6.42. The zero-order chi connectivity index (χ0) is 23.0. The largest absolute Gasteiger partial charge is 0.332 e. The lowest BCUT2D eigenvalue weighted by Crippen LogP contribution is -2.38. The zero-order valence-corrected chi connectivity index (χ0v) is 19.6. The summed E-state index contributed by atoms with van der Waals surface area (Å²) in [5.74, 6) is -0.146. The number of fused-ring (bicyclic) bond motifs is 1. The Kier molecular flexibility index (Phi) is 5.63. The van der Waals surface area contributed by atoms with Gasteiger partial charge in [-0.15, -0.1) is 11.3 Å². The van der Waals surface area contributed by atoms with Crippen molar-refractivity contribution < 1.29 is 13.2 Å². The number of aromatic nitrogens is 3. The van der Waals surface area contributed by atoms with Crippen LogP contribution < -0.4 is 4.72 Å². The monoisotopic (exact) mass is 481 g/mol. The Balaban J connectivity index is 1.55. The molecule has 3 aromatic heterocycles. The van der Waals surface area contributed by atoms with Crippen molar-refractivity contribution in [1.82, 2.24) is 19.4 Å². The molecule has 1 aliphatic heterocycles. The lowest BCUT2D eigenvalue weighted by molar-refractivity contribution is 0.0611. The van der Waals surface area contributed by atoms with Gasteiger partial charge in [0.15, 0.2) is 0 Å². The molecule has 0 spiro atoms. The fourth-order valence-electron chi connectivity index (χ4n) is 4.37. The number of anilines is 1. The van der Waals surface area contributed by atoms with Crippen molar-refractivity contribution in [2.24, 2.45) is 7.05 Å².